The molecule has 0 atom stereocenters. The summed E-state index contributed by atoms with van der Waals surface area (Å²) in [4.78, 5) is 16.8. The fourth-order valence-electron chi connectivity index (χ4n) is 2.47. The molecule has 0 bridgehead atoms. The van der Waals surface area contributed by atoms with Gasteiger partial charge in [-0.05, 0) is 31.5 Å². The van der Waals surface area contributed by atoms with Crippen molar-refractivity contribution in [2.75, 3.05) is 0 Å². The van der Waals surface area contributed by atoms with Crippen LogP contribution in [0.4, 0.5) is 4.39 Å². The zero-order chi connectivity index (χ0) is 17.1. The monoisotopic (exact) mass is 321 g/mol. The summed E-state index contributed by atoms with van der Waals surface area (Å²) in [7, 11) is 0. The first-order valence-corrected chi connectivity index (χ1v) is 7.51. The first-order valence-electron chi connectivity index (χ1n) is 7.51. The molecule has 3 aromatic rings. The summed E-state index contributed by atoms with van der Waals surface area (Å²) < 4.78 is 13.5. The molecule has 0 radical (unpaired) electrons. The Morgan fingerprint density at radius 1 is 1.17 bits per heavy atom. The molecule has 0 aliphatic carbocycles. The second-order valence-electron chi connectivity index (χ2n) is 5.49. The molecule has 2 aromatic carbocycles. The van der Waals surface area contributed by atoms with Crippen LogP contribution in [0.15, 0.2) is 53.6 Å². The summed E-state index contributed by atoms with van der Waals surface area (Å²) in [6, 6.07) is 13.8. The number of halogens is 1. The first-order chi connectivity index (χ1) is 11.6. The highest BCUT2D eigenvalue weighted by molar-refractivity contribution is 5.99. The summed E-state index contributed by atoms with van der Waals surface area (Å²) in [5, 5.41) is 4.72. The van der Waals surface area contributed by atoms with E-state index >= 15 is 0 Å². The Bertz CT molecular complexity index is 950. The Morgan fingerprint density at radius 3 is 2.75 bits per heavy atom. The van der Waals surface area contributed by atoms with Crippen molar-refractivity contribution < 1.29 is 9.18 Å². The topological polar surface area (TPSA) is 54.4 Å². The number of hydrogen-bond donors (Lipinski definition) is 1. The summed E-state index contributed by atoms with van der Waals surface area (Å²) in [6.07, 6.45) is 1.28. The predicted molar refractivity (Wildman–Crippen MR) is 92.7 cm³/mol. The predicted octanol–water partition coefficient (Wildman–Crippen LogP) is 3.75. The van der Waals surface area contributed by atoms with Crippen molar-refractivity contribution in [2.24, 2.45) is 5.10 Å². The van der Waals surface area contributed by atoms with E-state index in [4.69, 9.17) is 0 Å². The van der Waals surface area contributed by atoms with Crippen molar-refractivity contribution in [3.8, 4) is 0 Å². The van der Waals surface area contributed by atoms with E-state index in [0.29, 0.717) is 16.8 Å². The molecule has 1 heterocycles. The second kappa shape index (κ2) is 6.58. The molecule has 0 saturated carbocycles. The summed E-state index contributed by atoms with van der Waals surface area (Å²) in [5.74, 6) is -0.773. The quantitative estimate of drug-likeness (QED) is 0.590. The zero-order valence-electron chi connectivity index (χ0n) is 13.4. The van der Waals surface area contributed by atoms with E-state index in [0.717, 1.165) is 16.5 Å². The second-order valence-corrected chi connectivity index (χ2v) is 5.49. The summed E-state index contributed by atoms with van der Waals surface area (Å²) in [6.45, 7) is 3.76. The molecule has 0 unspecified atom stereocenters. The molecule has 3 rings (SSSR count). The van der Waals surface area contributed by atoms with Gasteiger partial charge >= 0.3 is 0 Å². The molecule has 5 heteroatoms. The SMILES string of the molecule is Cc1nc2c(C)cccc2cc1C(=O)NN=Cc1ccccc1F. The van der Waals surface area contributed by atoms with Crippen LogP contribution in [0.3, 0.4) is 0 Å². The lowest BCUT2D eigenvalue weighted by atomic mass is 10.1. The normalized spacial score (nSPS) is 11.1. The van der Waals surface area contributed by atoms with Gasteiger partial charge in [0.2, 0.25) is 0 Å². The zero-order valence-corrected chi connectivity index (χ0v) is 13.4. The Kier molecular flexibility index (Phi) is 4.33. The van der Waals surface area contributed by atoms with E-state index in [1.165, 1.54) is 12.3 Å². The molecule has 0 spiro atoms. The average molecular weight is 321 g/mol. The lowest BCUT2D eigenvalue weighted by molar-refractivity contribution is 0.0954. The van der Waals surface area contributed by atoms with E-state index in [1.54, 1.807) is 31.2 Å². The molecule has 120 valence electrons. The van der Waals surface area contributed by atoms with Gasteiger partial charge in [0.1, 0.15) is 5.82 Å². The average Bonchev–Trinajstić information content (AvgIpc) is 2.57. The maximum Gasteiger partial charge on any atom is 0.273 e. The number of nitrogens with one attached hydrogen (secondary N) is 1. The number of fused-ring (bicyclic) bond motifs is 1. The molecule has 1 amide bonds. The van der Waals surface area contributed by atoms with E-state index in [2.05, 4.69) is 15.5 Å². The molecular weight excluding hydrogens is 305 g/mol. The van der Waals surface area contributed by atoms with Crippen LogP contribution in [-0.4, -0.2) is 17.1 Å². The maximum atomic E-state index is 13.5. The number of pyridine rings is 1. The largest absolute Gasteiger partial charge is 0.273 e. The first kappa shape index (κ1) is 15.8. The summed E-state index contributed by atoms with van der Waals surface area (Å²) >= 11 is 0. The Morgan fingerprint density at radius 2 is 1.96 bits per heavy atom. The van der Waals surface area contributed by atoms with Gasteiger partial charge in [0.25, 0.3) is 5.91 Å². The smallest absolute Gasteiger partial charge is 0.267 e. The molecular formula is C19H16FN3O. The molecule has 0 aliphatic rings. The minimum absolute atomic E-state index is 0.307. The van der Waals surface area contributed by atoms with E-state index < -0.39 is 5.82 Å². The van der Waals surface area contributed by atoms with Gasteiger partial charge in [-0.25, -0.2) is 9.82 Å². The van der Waals surface area contributed by atoms with Crippen molar-refractivity contribution in [3.63, 3.8) is 0 Å². The van der Waals surface area contributed by atoms with Gasteiger partial charge in [-0.3, -0.25) is 9.78 Å². The molecule has 1 aromatic heterocycles. The van der Waals surface area contributed by atoms with Crippen molar-refractivity contribution in [1.82, 2.24) is 10.4 Å². The number of aryl methyl sites for hydroxylation is 2. The van der Waals surface area contributed by atoms with Crippen molar-refractivity contribution >= 4 is 23.0 Å². The number of aromatic nitrogens is 1. The molecule has 1 N–H and O–H groups in total. The van der Waals surface area contributed by atoms with Gasteiger partial charge in [-0.2, -0.15) is 5.10 Å². The number of carbonyl (C=O) groups excluding carboxylic acids is 1. The van der Waals surface area contributed by atoms with Crippen molar-refractivity contribution in [2.45, 2.75) is 13.8 Å². The van der Waals surface area contributed by atoms with Crippen molar-refractivity contribution in [1.29, 1.82) is 0 Å². The number of hydrazone groups is 1. The van der Waals surface area contributed by atoms with E-state index in [-0.39, 0.29) is 5.91 Å². The van der Waals surface area contributed by atoms with Crippen LogP contribution in [0.1, 0.15) is 27.2 Å². The van der Waals surface area contributed by atoms with Crippen molar-refractivity contribution in [3.05, 3.63) is 76.7 Å². The third-order valence-electron chi connectivity index (χ3n) is 3.76. The number of carbonyl (C=O) groups is 1. The Balaban J connectivity index is 1.84. The standard InChI is InChI=1S/C19H16FN3O/c1-12-6-5-8-14-10-16(13(2)22-18(12)14)19(24)23-21-11-15-7-3-4-9-17(15)20/h3-11H,1-2H3,(H,23,24). The molecule has 0 aliphatic heterocycles. The molecule has 24 heavy (non-hydrogen) atoms. The number of rotatable bonds is 3. The van der Waals surface area contributed by atoms with Crippen LogP contribution in [0.25, 0.3) is 10.9 Å². The van der Waals surface area contributed by atoms with Crippen LogP contribution < -0.4 is 5.43 Å². The van der Waals surface area contributed by atoms with E-state index in [1.807, 2.05) is 25.1 Å². The lowest BCUT2D eigenvalue weighted by Gasteiger charge is -2.07. The highest BCUT2D eigenvalue weighted by Gasteiger charge is 2.11. The minimum Gasteiger partial charge on any atom is -0.267 e. The third kappa shape index (κ3) is 3.15. The highest BCUT2D eigenvalue weighted by atomic mass is 19.1. The van der Waals surface area contributed by atoms with Crippen LogP contribution in [-0.2, 0) is 0 Å². The fraction of sp³-hybridized carbons (Fsp3) is 0.105. The molecule has 0 fully saturated rings. The van der Waals surface area contributed by atoms with Gasteiger partial charge in [0, 0.05) is 10.9 Å². The minimum atomic E-state index is -0.394. The molecule has 0 saturated heterocycles. The lowest BCUT2D eigenvalue weighted by Crippen LogP contribution is -2.19. The summed E-state index contributed by atoms with van der Waals surface area (Å²) in [5.41, 5.74) is 5.72. The van der Waals surface area contributed by atoms with E-state index in [9.17, 15) is 9.18 Å². The van der Waals surface area contributed by atoms with Crippen LogP contribution in [0.2, 0.25) is 0 Å². The number of para-hydroxylation sites is 1. The number of hydrogen-bond acceptors (Lipinski definition) is 3. The third-order valence-corrected chi connectivity index (χ3v) is 3.76. The van der Waals surface area contributed by atoms with Gasteiger partial charge in [0.05, 0.1) is 23.0 Å². The number of nitrogens with zero attached hydrogens (tertiary/aromatic N) is 2. The number of amides is 1. The maximum absolute atomic E-state index is 13.5. The van der Waals surface area contributed by atoms with Gasteiger partial charge in [-0.1, -0.05) is 36.4 Å². The highest BCUT2D eigenvalue weighted by Crippen LogP contribution is 2.19. The van der Waals surface area contributed by atoms with Gasteiger partial charge in [0.15, 0.2) is 0 Å². The number of benzene rings is 2. The van der Waals surface area contributed by atoms with Crippen LogP contribution in [0.5, 0.6) is 0 Å². The van der Waals surface area contributed by atoms with Gasteiger partial charge < -0.3 is 0 Å². The molecule has 4 nitrogen and oxygen atoms in total. The fourth-order valence-corrected chi connectivity index (χ4v) is 2.47. The Hall–Kier alpha value is -3.08. The van der Waals surface area contributed by atoms with Crippen LogP contribution >= 0.6 is 0 Å². The van der Waals surface area contributed by atoms with Crippen LogP contribution in [0, 0.1) is 19.7 Å². The van der Waals surface area contributed by atoms with Gasteiger partial charge in [-0.15, -0.1) is 0 Å². The Labute approximate surface area is 139 Å².